The molecule has 1 saturated heterocycles. The number of methoxy groups -OCH3 is 2. The minimum atomic E-state index is -0.720. The molecule has 4 aromatic heterocycles. The number of hydrogen-bond acceptors (Lipinski definition) is 11. The lowest BCUT2D eigenvalue weighted by molar-refractivity contribution is 0.216. The van der Waals surface area contributed by atoms with E-state index in [0.29, 0.717) is 79.9 Å². The van der Waals surface area contributed by atoms with Gasteiger partial charge in [0.05, 0.1) is 46.6 Å². The summed E-state index contributed by atoms with van der Waals surface area (Å²) in [6, 6.07) is 11.1. The Kier molecular flexibility index (Phi) is 7.39. The monoisotopic (exact) mass is 617 g/mol. The molecule has 0 amide bonds. The van der Waals surface area contributed by atoms with Gasteiger partial charge in [-0.15, -0.1) is 10.2 Å². The van der Waals surface area contributed by atoms with Crippen molar-refractivity contribution in [1.82, 2.24) is 30.4 Å². The molecule has 1 fully saturated rings. The zero-order valence-electron chi connectivity index (χ0n) is 23.3. The number of fused-ring (bicyclic) bond motifs is 1. The van der Waals surface area contributed by atoms with Crippen molar-refractivity contribution in [2.24, 2.45) is 5.73 Å². The van der Waals surface area contributed by atoms with Gasteiger partial charge in [0.25, 0.3) is 0 Å². The predicted octanol–water partition coefficient (Wildman–Crippen LogP) is 4.82. The van der Waals surface area contributed by atoms with Crippen LogP contribution >= 0.6 is 23.2 Å². The first-order valence-corrected chi connectivity index (χ1v) is 13.8. The van der Waals surface area contributed by atoms with Gasteiger partial charge in [0.2, 0.25) is 5.88 Å². The number of halogens is 2. The van der Waals surface area contributed by atoms with Crippen LogP contribution < -0.4 is 24.8 Å². The normalized spacial score (nSPS) is 14.6. The average Bonchev–Trinajstić information content (AvgIpc) is 3.41. The fourth-order valence-electron chi connectivity index (χ4n) is 5.12. The second kappa shape index (κ2) is 11.2. The third-order valence-electron chi connectivity index (χ3n) is 7.31. The second-order valence-corrected chi connectivity index (χ2v) is 10.9. The quantitative estimate of drug-likeness (QED) is 0.245. The van der Waals surface area contributed by atoms with E-state index in [-0.39, 0.29) is 0 Å². The van der Waals surface area contributed by atoms with E-state index < -0.39 is 11.6 Å². The van der Waals surface area contributed by atoms with Crippen LogP contribution in [0.3, 0.4) is 0 Å². The largest absolute Gasteiger partial charge is 0.493 e. The highest BCUT2D eigenvalue weighted by Crippen LogP contribution is 2.41. The summed E-state index contributed by atoms with van der Waals surface area (Å²) < 4.78 is 16.9. The molecule has 1 aromatic carbocycles. The first kappa shape index (κ1) is 28.4. The number of nitrogens with one attached hydrogen (secondary N) is 1. The average molecular weight is 618 g/mol. The third kappa shape index (κ3) is 5.12. The van der Waals surface area contributed by atoms with Gasteiger partial charge < -0.3 is 24.8 Å². The summed E-state index contributed by atoms with van der Waals surface area (Å²) in [7, 11) is 3.08. The van der Waals surface area contributed by atoms with E-state index >= 15 is 0 Å². The molecular weight excluding hydrogens is 593 g/mol. The van der Waals surface area contributed by atoms with Crippen LogP contribution in [0.1, 0.15) is 29.8 Å². The zero-order chi connectivity index (χ0) is 30.3. The molecule has 43 heavy (non-hydrogen) atoms. The van der Waals surface area contributed by atoms with E-state index in [1.54, 1.807) is 37.6 Å². The maximum absolute atomic E-state index is 10.0. The number of nitriles is 1. The number of benzene rings is 1. The number of nitrogens with two attached hydrogens (primary N) is 1. The maximum atomic E-state index is 10.0. The minimum Gasteiger partial charge on any atom is -0.493 e. The Labute approximate surface area is 256 Å². The van der Waals surface area contributed by atoms with Crippen LogP contribution in [0.4, 0.5) is 5.82 Å². The molecule has 0 aliphatic carbocycles. The number of anilines is 1. The topological polar surface area (TPSA) is 161 Å². The fraction of sp³-hybridized carbons (Fsp3) is 0.241. The molecule has 0 bridgehead atoms. The summed E-state index contributed by atoms with van der Waals surface area (Å²) in [6.45, 7) is 2.68. The molecule has 0 radical (unpaired) electrons. The van der Waals surface area contributed by atoms with Gasteiger partial charge in [0, 0.05) is 60.3 Å². The molecule has 0 spiro atoms. The van der Waals surface area contributed by atoms with Crippen molar-refractivity contribution in [3.05, 3.63) is 75.8 Å². The number of hydrogen-bond donors (Lipinski definition) is 2. The number of aromatic nitrogens is 6. The highest BCUT2D eigenvalue weighted by Gasteiger charge is 2.44. The number of pyridine rings is 2. The highest BCUT2D eigenvalue weighted by atomic mass is 35.5. The molecule has 5 aromatic rings. The predicted molar refractivity (Wildman–Crippen MR) is 161 cm³/mol. The van der Waals surface area contributed by atoms with Gasteiger partial charge in [-0.25, -0.2) is 4.98 Å². The van der Waals surface area contributed by atoms with Gasteiger partial charge in [0.15, 0.2) is 11.5 Å². The molecule has 6 rings (SSSR count). The molecule has 14 heteroatoms. The van der Waals surface area contributed by atoms with Crippen molar-refractivity contribution in [3.63, 3.8) is 0 Å². The molecule has 1 aliphatic heterocycles. The Morgan fingerprint density at radius 2 is 1.81 bits per heavy atom. The van der Waals surface area contributed by atoms with E-state index in [1.165, 1.54) is 19.5 Å². The van der Waals surface area contributed by atoms with Crippen molar-refractivity contribution in [2.75, 3.05) is 32.2 Å². The van der Waals surface area contributed by atoms with Crippen molar-refractivity contribution in [3.8, 4) is 34.7 Å². The summed E-state index contributed by atoms with van der Waals surface area (Å²) in [5.41, 5.74) is 9.45. The Hall–Kier alpha value is -4.70. The Balaban J connectivity index is 1.29. The van der Waals surface area contributed by atoms with Gasteiger partial charge in [-0.3, -0.25) is 10.1 Å². The summed E-state index contributed by atoms with van der Waals surface area (Å²) in [4.78, 5) is 10.6. The molecule has 218 valence electrons. The van der Waals surface area contributed by atoms with Gasteiger partial charge in [-0.1, -0.05) is 23.2 Å². The van der Waals surface area contributed by atoms with Crippen LogP contribution in [0.2, 0.25) is 10.0 Å². The van der Waals surface area contributed by atoms with Crippen LogP contribution in [0.15, 0.2) is 48.9 Å². The van der Waals surface area contributed by atoms with Crippen LogP contribution in [0, 0.1) is 11.3 Å². The highest BCUT2D eigenvalue weighted by molar-refractivity contribution is 6.35. The van der Waals surface area contributed by atoms with Crippen molar-refractivity contribution in [2.45, 2.75) is 18.6 Å². The fourth-order valence-corrected chi connectivity index (χ4v) is 5.79. The van der Waals surface area contributed by atoms with Gasteiger partial charge in [-0.2, -0.15) is 10.4 Å². The lowest BCUT2D eigenvalue weighted by Crippen LogP contribution is -2.65. The minimum absolute atomic E-state index is 0.386. The zero-order valence-corrected chi connectivity index (χ0v) is 24.8. The molecule has 0 saturated carbocycles. The Morgan fingerprint density at radius 1 is 1.05 bits per heavy atom. The van der Waals surface area contributed by atoms with Crippen molar-refractivity contribution < 1.29 is 14.2 Å². The van der Waals surface area contributed by atoms with Crippen molar-refractivity contribution >= 4 is 39.9 Å². The number of aromatic amines is 1. The number of nitrogens with zero attached hydrogens (tertiary/aromatic N) is 7. The van der Waals surface area contributed by atoms with Crippen LogP contribution in [-0.4, -0.2) is 57.7 Å². The van der Waals surface area contributed by atoms with Crippen molar-refractivity contribution in [1.29, 1.82) is 5.26 Å². The summed E-state index contributed by atoms with van der Waals surface area (Å²) >= 11 is 12.7. The lowest BCUT2D eigenvalue weighted by atomic mass is 9.87. The molecule has 1 aliphatic rings. The summed E-state index contributed by atoms with van der Waals surface area (Å²) in [5.74, 6) is 1.89. The van der Waals surface area contributed by atoms with E-state index in [9.17, 15) is 5.26 Å². The molecular formula is C29H25Cl2N9O3. The van der Waals surface area contributed by atoms with Gasteiger partial charge >= 0.3 is 0 Å². The van der Waals surface area contributed by atoms with Crippen LogP contribution in [0.5, 0.6) is 17.4 Å². The first-order chi connectivity index (χ1) is 20.7. The van der Waals surface area contributed by atoms with E-state index in [1.807, 2.05) is 17.9 Å². The SMILES string of the molecule is COc1ccc(C2(N)CN(c3ncc(-c4n[nH]c5cc(OC)c(O[C@H](C)c6c(Cl)cncc6Cl)cc45)cc3C#N)C2)nn1. The Bertz CT molecular complexity index is 1850. The Morgan fingerprint density at radius 3 is 2.47 bits per heavy atom. The summed E-state index contributed by atoms with van der Waals surface area (Å²) in [6.07, 6.45) is 4.20. The van der Waals surface area contributed by atoms with Gasteiger partial charge in [0.1, 0.15) is 23.7 Å². The number of H-pyrrole nitrogens is 1. The third-order valence-corrected chi connectivity index (χ3v) is 7.92. The van der Waals surface area contributed by atoms with Crippen LogP contribution in [0.25, 0.3) is 22.2 Å². The second-order valence-electron chi connectivity index (χ2n) is 10.1. The van der Waals surface area contributed by atoms with Gasteiger partial charge in [-0.05, 0) is 25.1 Å². The molecule has 1 atom stereocenters. The smallest absolute Gasteiger partial charge is 0.233 e. The lowest BCUT2D eigenvalue weighted by Gasteiger charge is -2.47. The van der Waals surface area contributed by atoms with E-state index in [4.69, 9.17) is 43.1 Å². The first-order valence-electron chi connectivity index (χ1n) is 13.1. The number of ether oxygens (including phenoxy) is 3. The molecule has 12 nitrogen and oxygen atoms in total. The van der Waals surface area contributed by atoms with E-state index in [0.717, 1.165) is 5.39 Å². The van der Waals surface area contributed by atoms with Crippen LogP contribution in [-0.2, 0) is 5.54 Å². The standard InChI is InChI=1S/C29H25Cl2N9O3/c1-15(26-19(30)11-34-12-20(26)31)43-23-7-18-21(8-22(23)41-2)36-39-27(18)17-6-16(9-32)28(35-10-17)40-13-29(33,14-40)24-4-5-25(42-3)38-37-24/h4-8,10-12,15H,13-14,33H2,1-3H3,(H,36,39)/t15-/m1/s1. The number of rotatable bonds is 8. The molecule has 0 unspecified atom stereocenters. The van der Waals surface area contributed by atoms with E-state index in [2.05, 4.69) is 36.4 Å². The summed E-state index contributed by atoms with van der Waals surface area (Å²) in [5, 5.41) is 27.3. The maximum Gasteiger partial charge on any atom is 0.233 e. The molecule has 5 heterocycles. The molecule has 3 N–H and O–H groups in total.